The molecule has 0 aliphatic heterocycles. The van der Waals surface area contributed by atoms with E-state index in [0.29, 0.717) is 5.75 Å². The van der Waals surface area contributed by atoms with E-state index in [-0.39, 0.29) is 11.9 Å². The summed E-state index contributed by atoms with van der Waals surface area (Å²) < 4.78 is 13.2. The number of aromatic hydroxyl groups is 1. The predicted octanol–water partition coefficient (Wildman–Crippen LogP) is 4.33. The Bertz CT molecular complexity index is 639. The zero-order chi connectivity index (χ0) is 14.1. The third kappa shape index (κ3) is 2.48. The summed E-state index contributed by atoms with van der Waals surface area (Å²) in [5.74, 6) is 0.115. The standard InChI is InChI=1S/C17H18FNO/c1-11-9-13(18)5-8-16(11)19-17-4-2-3-12-10-14(20)6-7-15(12)17/h5-10,17,19-20H,2-4H2,1H3. The van der Waals surface area contributed by atoms with Gasteiger partial charge in [0.2, 0.25) is 0 Å². The van der Waals surface area contributed by atoms with Crippen molar-refractivity contribution in [2.75, 3.05) is 5.32 Å². The van der Waals surface area contributed by atoms with Crippen molar-refractivity contribution < 1.29 is 9.50 Å². The monoisotopic (exact) mass is 271 g/mol. The first-order valence-electron chi connectivity index (χ1n) is 6.98. The summed E-state index contributed by atoms with van der Waals surface area (Å²) in [4.78, 5) is 0. The van der Waals surface area contributed by atoms with Gasteiger partial charge in [-0.15, -0.1) is 0 Å². The van der Waals surface area contributed by atoms with Crippen molar-refractivity contribution >= 4 is 5.69 Å². The molecule has 3 rings (SSSR count). The number of anilines is 1. The Labute approximate surface area is 118 Å². The Morgan fingerprint density at radius 2 is 2.05 bits per heavy atom. The number of aryl methyl sites for hydroxylation is 2. The molecule has 0 radical (unpaired) electrons. The van der Waals surface area contributed by atoms with Crippen LogP contribution in [0.15, 0.2) is 36.4 Å². The molecular weight excluding hydrogens is 253 g/mol. The number of hydrogen-bond donors (Lipinski definition) is 2. The second-order valence-electron chi connectivity index (χ2n) is 5.43. The molecule has 2 nitrogen and oxygen atoms in total. The minimum atomic E-state index is -0.206. The molecule has 1 atom stereocenters. The van der Waals surface area contributed by atoms with E-state index >= 15 is 0 Å². The first-order valence-corrected chi connectivity index (χ1v) is 6.98. The van der Waals surface area contributed by atoms with E-state index in [9.17, 15) is 9.50 Å². The van der Waals surface area contributed by atoms with Gasteiger partial charge in [-0.1, -0.05) is 6.07 Å². The topological polar surface area (TPSA) is 32.3 Å². The van der Waals surface area contributed by atoms with Gasteiger partial charge in [0, 0.05) is 5.69 Å². The van der Waals surface area contributed by atoms with Crippen LogP contribution in [-0.4, -0.2) is 5.11 Å². The van der Waals surface area contributed by atoms with Crippen LogP contribution < -0.4 is 5.32 Å². The number of phenolic OH excluding ortho intramolecular Hbond substituents is 1. The van der Waals surface area contributed by atoms with Crippen molar-refractivity contribution in [3.8, 4) is 5.75 Å². The number of hydrogen-bond acceptors (Lipinski definition) is 2. The number of benzene rings is 2. The molecule has 0 spiro atoms. The van der Waals surface area contributed by atoms with Gasteiger partial charge < -0.3 is 10.4 Å². The highest BCUT2D eigenvalue weighted by atomic mass is 19.1. The van der Waals surface area contributed by atoms with Crippen molar-refractivity contribution in [2.45, 2.75) is 32.2 Å². The van der Waals surface area contributed by atoms with Crippen LogP contribution in [0.3, 0.4) is 0 Å². The van der Waals surface area contributed by atoms with E-state index in [4.69, 9.17) is 0 Å². The number of nitrogens with one attached hydrogen (secondary N) is 1. The third-order valence-corrected chi connectivity index (χ3v) is 3.96. The predicted molar refractivity (Wildman–Crippen MR) is 78.5 cm³/mol. The molecule has 0 saturated carbocycles. The normalized spacial score (nSPS) is 17.6. The van der Waals surface area contributed by atoms with Gasteiger partial charge in [0.1, 0.15) is 11.6 Å². The lowest BCUT2D eigenvalue weighted by Gasteiger charge is -2.28. The van der Waals surface area contributed by atoms with Crippen molar-refractivity contribution in [2.24, 2.45) is 0 Å². The maximum atomic E-state index is 13.2. The Hall–Kier alpha value is -2.03. The molecule has 0 aromatic heterocycles. The van der Waals surface area contributed by atoms with Crippen molar-refractivity contribution in [3.05, 3.63) is 58.9 Å². The minimum Gasteiger partial charge on any atom is -0.508 e. The van der Waals surface area contributed by atoms with Gasteiger partial charge >= 0.3 is 0 Å². The van der Waals surface area contributed by atoms with Crippen molar-refractivity contribution in [1.82, 2.24) is 0 Å². The maximum absolute atomic E-state index is 13.2. The highest BCUT2D eigenvalue weighted by molar-refractivity contribution is 5.53. The summed E-state index contributed by atoms with van der Waals surface area (Å²) in [6.45, 7) is 1.91. The van der Waals surface area contributed by atoms with E-state index in [1.807, 2.05) is 19.1 Å². The molecule has 0 saturated heterocycles. The molecule has 0 heterocycles. The van der Waals surface area contributed by atoms with E-state index in [1.54, 1.807) is 18.2 Å². The van der Waals surface area contributed by atoms with Crippen molar-refractivity contribution in [3.63, 3.8) is 0 Å². The van der Waals surface area contributed by atoms with Crippen molar-refractivity contribution in [1.29, 1.82) is 0 Å². The fourth-order valence-electron chi connectivity index (χ4n) is 2.93. The maximum Gasteiger partial charge on any atom is 0.123 e. The lowest BCUT2D eigenvalue weighted by atomic mass is 9.87. The molecular formula is C17H18FNO. The highest BCUT2D eigenvalue weighted by Crippen LogP contribution is 2.34. The SMILES string of the molecule is Cc1cc(F)ccc1NC1CCCc2cc(O)ccc21. The number of rotatable bonds is 2. The molecule has 0 bridgehead atoms. The Morgan fingerprint density at radius 3 is 2.85 bits per heavy atom. The third-order valence-electron chi connectivity index (χ3n) is 3.96. The molecule has 0 amide bonds. The van der Waals surface area contributed by atoms with Crippen LogP contribution in [0.4, 0.5) is 10.1 Å². The fraction of sp³-hybridized carbons (Fsp3) is 0.294. The van der Waals surface area contributed by atoms with Gasteiger partial charge in [-0.25, -0.2) is 4.39 Å². The number of halogens is 1. The van der Waals surface area contributed by atoms with Crippen LogP contribution in [-0.2, 0) is 6.42 Å². The molecule has 20 heavy (non-hydrogen) atoms. The molecule has 0 fully saturated rings. The number of phenols is 1. The highest BCUT2D eigenvalue weighted by Gasteiger charge is 2.20. The molecule has 3 heteroatoms. The van der Waals surface area contributed by atoms with Crippen LogP contribution in [0, 0.1) is 12.7 Å². The summed E-state index contributed by atoms with van der Waals surface area (Å²) >= 11 is 0. The molecule has 2 N–H and O–H groups in total. The minimum absolute atomic E-state index is 0.206. The van der Waals surface area contributed by atoms with Crippen LogP contribution >= 0.6 is 0 Å². The van der Waals surface area contributed by atoms with Gasteiger partial charge in [0.05, 0.1) is 6.04 Å². The zero-order valence-electron chi connectivity index (χ0n) is 11.5. The molecule has 2 aromatic carbocycles. The van der Waals surface area contributed by atoms with E-state index in [1.165, 1.54) is 17.2 Å². The molecule has 104 valence electrons. The number of fused-ring (bicyclic) bond motifs is 1. The van der Waals surface area contributed by atoms with Crippen LogP contribution in [0.25, 0.3) is 0 Å². The first-order chi connectivity index (χ1) is 9.63. The average molecular weight is 271 g/mol. The van der Waals surface area contributed by atoms with Gasteiger partial charge in [0.15, 0.2) is 0 Å². The smallest absolute Gasteiger partial charge is 0.123 e. The average Bonchev–Trinajstić information content (AvgIpc) is 2.41. The molecule has 2 aromatic rings. The van der Waals surface area contributed by atoms with Crippen LogP contribution in [0.5, 0.6) is 5.75 Å². The lowest BCUT2D eigenvalue weighted by Crippen LogP contribution is -2.17. The lowest BCUT2D eigenvalue weighted by molar-refractivity contribution is 0.472. The van der Waals surface area contributed by atoms with Gasteiger partial charge in [0.25, 0.3) is 0 Å². The molecule has 1 aliphatic rings. The second kappa shape index (κ2) is 5.16. The molecule has 1 unspecified atom stereocenters. The Balaban J connectivity index is 1.89. The van der Waals surface area contributed by atoms with Crippen LogP contribution in [0.2, 0.25) is 0 Å². The quantitative estimate of drug-likeness (QED) is 0.852. The van der Waals surface area contributed by atoms with Gasteiger partial charge in [-0.3, -0.25) is 0 Å². The largest absolute Gasteiger partial charge is 0.508 e. The van der Waals surface area contributed by atoms with Gasteiger partial charge in [-0.05, 0) is 73.2 Å². The zero-order valence-corrected chi connectivity index (χ0v) is 11.5. The van der Waals surface area contributed by atoms with Crippen LogP contribution in [0.1, 0.15) is 35.6 Å². The summed E-state index contributed by atoms with van der Waals surface area (Å²) in [7, 11) is 0. The summed E-state index contributed by atoms with van der Waals surface area (Å²) in [5, 5.41) is 13.1. The second-order valence-corrected chi connectivity index (χ2v) is 5.43. The van der Waals surface area contributed by atoms with E-state index in [2.05, 4.69) is 5.32 Å². The molecule has 1 aliphatic carbocycles. The van der Waals surface area contributed by atoms with E-state index in [0.717, 1.165) is 30.5 Å². The summed E-state index contributed by atoms with van der Waals surface area (Å²) in [5.41, 5.74) is 4.32. The fourth-order valence-corrected chi connectivity index (χ4v) is 2.93. The Kier molecular flexibility index (Phi) is 3.35. The first kappa shape index (κ1) is 13.0. The summed E-state index contributed by atoms with van der Waals surface area (Å²) in [6, 6.07) is 10.6. The van der Waals surface area contributed by atoms with Gasteiger partial charge in [-0.2, -0.15) is 0 Å². The van der Waals surface area contributed by atoms with E-state index < -0.39 is 0 Å². The Morgan fingerprint density at radius 1 is 1.20 bits per heavy atom. The summed E-state index contributed by atoms with van der Waals surface area (Å²) in [6.07, 6.45) is 3.15.